The van der Waals surface area contributed by atoms with E-state index < -0.39 is 0 Å². The summed E-state index contributed by atoms with van der Waals surface area (Å²) >= 11 is 7.75. The number of thiazole rings is 1. The molecular weight excluding hydrogens is 406 g/mol. The maximum absolute atomic E-state index is 12.4. The summed E-state index contributed by atoms with van der Waals surface area (Å²) in [5.74, 6) is 0.457. The topological polar surface area (TPSA) is 86.2 Å². The number of nitrogens with one attached hydrogen (secondary N) is 1. The summed E-state index contributed by atoms with van der Waals surface area (Å²) in [5, 5.41) is 0.341. The fraction of sp³-hybridized carbons (Fsp3) is 0.294. The van der Waals surface area contributed by atoms with Crippen LogP contribution < -0.4 is 10.3 Å². The lowest BCUT2D eigenvalue weighted by atomic mass is 10.3. The summed E-state index contributed by atoms with van der Waals surface area (Å²) in [6, 6.07) is 7.41. The van der Waals surface area contributed by atoms with Gasteiger partial charge in [0.05, 0.1) is 19.0 Å². The second-order valence-electron chi connectivity index (χ2n) is 5.25. The fourth-order valence-electron chi connectivity index (χ4n) is 2.38. The van der Waals surface area contributed by atoms with Crippen molar-refractivity contribution in [3.05, 3.63) is 38.6 Å². The van der Waals surface area contributed by atoms with Gasteiger partial charge in [0.15, 0.2) is 14.8 Å². The predicted molar refractivity (Wildman–Crippen MR) is 109 cm³/mol. The minimum atomic E-state index is -0.362. The lowest BCUT2D eigenvalue weighted by Gasteiger charge is -2.07. The SMILES string of the molecule is CCOC(=O)CSc1nc2c(sc(=S)n2-c2ccc(OCC)cc2)c(=O)[nH]1. The van der Waals surface area contributed by atoms with Crippen LogP contribution in [0.15, 0.2) is 34.2 Å². The van der Waals surface area contributed by atoms with Gasteiger partial charge in [-0.1, -0.05) is 23.1 Å². The summed E-state index contributed by atoms with van der Waals surface area (Å²) in [5.41, 5.74) is 0.963. The smallest absolute Gasteiger partial charge is 0.316 e. The van der Waals surface area contributed by atoms with E-state index in [1.54, 1.807) is 11.5 Å². The van der Waals surface area contributed by atoms with Gasteiger partial charge in [-0.05, 0) is 50.3 Å². The van der Waals surface area contributed by atoms with Crippen molar-refractivity contribution in [2.75, 3.05) is 19.0 Å². The molecule has 0 atom stereocenters. The zero-order valence-electron chi connectivity index (χ0n) is 14.7. The first-order valence-corrected chi connectivity index (χ1v) is 10.4. The van der Waals surface area contributed by atoms with Gasteiger partial charge in [-0.25, -0.2) is 4.98 Å². The third-order valence-electron chi connectivity index (χ3n) is 3.46. The summed E-state index contributed by atoms with van der Waals surface area (Å²) in [7, 11) is 0. The van der Waals surface area contributed by atoms with Crippen molar-refractivity contribution in [2.45, 2.75) is 19.0 Å². The number of hydrogen-bond acceptors (Lipinski definition) is 8. The molecule has 2 aromatic heterocycles. The first-order valence-electron chi connectivity index (χ1n) is 8.21. The maximum atomic E-state index is 12.4. The Balaban J connectivity index is 2.00. The molecule has 0 spiro atoms. The molecule has 3 aromatic rings. The van der Waals surface area contributed by atoms with Crippen molar-refractivity contribution >= 4 is 51.6 Å². The Morgan fingerprint density at radius 1 is 1.30 bits per heavy atom. The number of esters is 1. The van der Waals surface area contributed by atoms with E-state index in [9.17, 15) is 9.59 Å². The van der Waals surface area contributed by atoms with E-state index in [1.165, 1.54) is 11.3 Å². The van der Waals surface area contributed by atoms with Gasteiger partial charge in [0.25, 0.3) is 5.56 Å². The van der Waals surface area contributed by atoms with Crippen LogP contribution >= 0.6 is 35.3 Å². The molecule has 0 amide bonds. The number of aromatic nitrogens is 3. The first kappa shape index (κ1) is 19.6. The van der Waals surface area contributed by atoms with Gasteiger partial charge >= 0.3 is 5.97 Å². The summed E-state index contributed by atoms with van der Waals surface area (Å²) in [4.78, 5) is 31.1. The Bertz CT molecular complexity index is 1070. The minimum absolute atomic E-state index is 0.0657. The van der Waals surface area contributed by atoms with Crippen LogP contribution in [0.4, 0.5) is 0 Å². The van der Waals surface area contributed by atoms with Crippen LogP contribution in [-0.4, -0.2) is 39.5 Å². The van der Waals surface area contributed by atoms with Crippen molar-refractivity contribution in [2.24, 2.45) is 0 Å². The molecule has 1 aromatic carbocycles. The van der Waals surface area contributed by atoms with E-state index in [-0.39, 0.29) is 17.3 Å². The van der Waals surface area contributed by atoms with Gasteiger partial charge < -0.3 is 14.5 Å². The summed E-state index contributed by atoms with van der Waals surface area (Å²) in [6.07, 6.45) is 0. The average molecular weight is 424 g/mol. The first-order chi connectivity index (χ1) is 13.0. The largest absolute Gasteiger partial charge is 0.494 e. The number of rotatable bonds is 7. The van der Waals surface area contributed by atoms with Gasteiger partial charge in [-0.2, -0.15) is 0 Å². The van der Waals surface area contributed by atoms with Gasteiger partial charge in [0.1, 0.15) is 10.4 Å². The monoisotopic (exact) mass is 423 g/mol. The Morgan fingerprint density at radius 2 is 2.04 bits per heavy atom. The van der Waals surface area contributed by atoms with Gasteiger partial charge in [-0.15, -0.1) is 0 Å². The number of ether oxygens (including phenoxy) is 2. The molecule has 0 saturated heterocycles. The van der Waals surface area contributed by atoms with Crippen LogP contribution in [0, 0.1) is 3.95 Å². The predicted octanol–water partition coefficient (Wildman–Crippen LogP) is 3.56. The van der Waals surface area contributed by atoms with Gasteiger partial charge in [0, 0.05) is 5.69 Å². The molecule has 7 nitrogen and oxygen atoms in total. The van der Waals surface area contributed by atoms with Crippen molar-refractivity contribution in [1.29, 1.82) is 0 Å². The number of carbonyl (C=O) groups is 1. The van der Waals surface area contributed by atoms with Gasteiger partial charge in [-0.3, -0.25) is 14.2 Å². The highest BCUT2D eigenvalue weighted by molar-refractivity contribution is 7.99. The molecule has 0 radical (unpaired) electrons. The molecule has 0 aliphatic heterocycles. The normalized spacial score (nSPS) is 10.9. The van der Waals surface area contributed by atoms with Crippen LogP contribution in [0.3, 0.4) is 0 Å². The Morgan fingerprint density at radius 3 is 2.70 bits per heavy atom. The Hall–Kier alpha value is -2.17. The molecule has 0 fully saturated rings. The second-order valence-corrected chi connectivity index (χ2v) is 7.86. The van der Waals surface area contributed by atoms with Crippen LogP contribution in [0.25, 0.3) is 16.0 Å². The van der Waals surface area contributed by atoms with Crippen molar-refractivity contribution in [3.63, 3.8) is 0 Å². The van der Waals surface area contributed by atoms with Crippen molar-refractivity contribution in [1.82, 2.24) is 14.5 Å². The molecule has 0 aliphatic carbocycles. The standard InChI is InChI=1S/C17H17N3O4S3/c1-3-23-11-7-5-10(6-8-11)20-14-13(27-17(20)25)15(22)19-16(18-14)26-9-12(21)24-4-2/h5-8H,3-4,9H2,1-2H3,(H,18,19,22). The number of carbonyl (C=O) groups excluding carboxylic acids is 1. The Kier molecular flexibility index (Phi) is 6.30. The molecule has 27 heavy (non-hydrogen) atoms. The molecule has 0 saturated carbocycles. The number of H-pyrrole nitrogens is 1. The quantitative estimate of drug-likeness (QED) is 0.269. The maximum Gasteiger partial charge on any atom is 0.316 e. The van der Waals surface area contributed by atoms with E-state index in [0.29, 0.717) is 32.7 Å². The third-order valence-corrected chi connectivity index (χ3v) is 5.67. The zero-order valence-corrected chi connectivity index (χ0v) is 17.1. The summed E-state index contributed by atoms with van der Waals surface area (Å²) < 4.78 is 13.1. The molecule has 10 heteroatoms. The van der Waals surface area contributed by atoms with Crippen molar-refractivity contribution in [3.8, 4) is 11.4 Å². The molecule has 0 unspecified atom stereocenters. The van der Waals surface area contributed by atoms with Crippen molar-refractivity contribution < 1.29 is 14.3 Å². The molecular formula is C17H17N3O4S3. The Labute approximate surface area is 168 Å². The third kappa shape index (κ3) is 4.40. The van der Waals surface area contributed by atoms with Crippen LogP contribution in [0.5, 0.6) is 5.75 Å². The summed E-state index contributed by atoms with van der Waals surface area (Å²) in [6.45, 7) is 4.55. The van der Waals surface area contributed by atoms with E-state index in [1.807, 2.05) is 31.2 Å². The van der Waals surface area contributed by atoms with E-state index in [2.05, 4.69) is 9.97 Å². The van der Waals surface area contributed by atoms with Crippen LogP contribution in [0.1, 0.15) is 13.8 Å². The highest BCUT2D eigenvalue weighted by atomic mass is 32.2. The van der Waals surface area contributed by atoms with Crippen LogP contribution in [-0.2, 0) is 9.53 Å². The number of hydrogen-bond donors (Lipinski definition) is 1. The highest BCUT2D eigenvalue weighted by Crippen LogP contribution is 2.25. The highest BCUT2D eigenvalue weighted by Gasteiger charge is 2.15. The molecule has 142 valence electrons. The van der Waals surface area contributed by atoms with E-state index in [4.69, 9.17) is 21.7 Å². The number of fused-ring (bicyclic) bond motifs is 1. The number of benzene rings is 1. The number of nitrogens with zero attached hydrogens (tertiary/aromatic N) is 2. The second kappa shape index (κ2) is 8.68. The zero-order chi connectivity index (χ0) is 19.4. The molecule has 2 heterocycles. The average Bonchev–Trinajstić information content (AvgIpc) is 2.98. The van der Waals surface area contributed by atoms with E-state index in [0.717, 1.165) is 23.2 Å². The number of aromatic amines is 1. The molecule has 0 bridgehead atoms. The molecule has 0 aliphatic rings. The number of thioether (sulfide) groups is 1. The van der Waals surface area contributed by atoms with E-state index >= 15 is 0 Å². The fourth-order valence-corrected chi connectivity index (χ4v) is 4.30. The minimum Gasteiger partial charge on any atom is -0.494 e. The molecule has 3 rings (SSSR count). The van der Waals surface area contributed by atoms with Crippen LogP contribution in [0.2, 0.25) is 0 Å². The lowest BCUT2D eigenvalue weighted by Crippen LogP contribution is -2.11. The lowest BCUT2D eigenvalue weighted by molar-refractivity contribution is -0.139. The molecule has 1 N–H and O–H groups in total. The van der Waals surface area contributed by atoms with Gasteiger partial charge in [0.2, 0.25) is 0 Å².